The van der Waals surface area contributed by atoms with Gasteiger partial charge in [-0.3, -0.25) is 0 Å². The second-order valence-electron chi connectivity index (χ2n) is 2.73. The molecule has 0 unspecified atom stereocenters. The maximum absolute atomic E-state index is 9.98. The first-order chi connectivity index (χ1) is 7.18. The summed E-state index contributed by atoms with van der Waals surface area (Å²) in [5, 5.41) is 10.6. The van der Waals surface area contributed by atoms with E-state index in [1.54, 1.807) is 24.3 Å². The third-order valence-electron chi connectivity index (χ3n) is 1.53. The molecule has 16 heavy (non-hydrogen) atoms. The van der Waals surface area contributed by atoms with Crippen LogP contribution in [0.3, 0.4) is 0 Å². The van der Waals surface area contributed by atoms with E-state index in [1.807, 2.05) is 0 Å². The number of ether oxygens (including phenoxy) is 2. The summed E-state index contributed by atoms with van der Waals surface area (Å²) in [4.78, 5) is 9.98. The number of carboxylic acid groups (broad SMARTS) is 1. The van der Waals surface area contributed by atoms with Crippen LogP contribution < -0.4 is 39.4 Å². The van der Waals surface area contributed by atoms with Crippen molar-refractivity contribution in [2.24, 2.45) is 0 Å². The second-order valence-corrected chi connectivity index (χ2v) is 3.16. The summed E-state index contributed by atoms with van der Waals surface area (Å²) in [6.07, 6.45) is 0. The van der Waals surface area contributed by atoms with E-state index in [-0.39, 0.29) is 42.8 Å². The zero-order chi connectivity index (χ0) is 11.1. The minimum atomic E-state index is -1.23. The van der Waals surface area contributed by atoms with Crippen LogP contribution in [-0.4, -0.2) is 25.8 Å². The molecule has 0 amide bonds. The smallest absolute Gasteiger partial charge is 0.548 e. The molecule has 4 nitrogen and oxygen atoms in total. The summed E-state index contributed by atoms with van der Waals surface area (Å²) in [7, 11) is 0. The molecular weight excluding hydrogens is 243 g/mol. The molecule has 0 bridgehead atoms. The van der Waals surface area contributed by atoms with Crippen LogP contribution in [0.5, 0.6) is 5.75 Å². The molecule has 0 heterocycles. The fraction of sp³-hybridized carbons (Fsp3) is 0.300. The molecule has 0 radical (unpaired) electrons. The number of carbonyl (C=O) groups excluding carboxylic acids is 1. The molecule has 0 aliphatic heterocycles. The van der Waals surface area contributed by atoms with Gasteiger partial charge in [0.2, 0.25) is 0 Å². The summed E-state index contributed by atoms with van der Waals surface area (Å²) >= 11 is 5.68. The standard InChI is InChI=1S/C10H11ClO4.Na/c11-8-1-3-9(4-2-8)15-6-5-14-7-10(12)13;/h1-4H,5-7H2,(H,12,13);/q;+1/p-1. The van der Waals surface area contributed by atoms with Crippen molar-refractivity contribution in [3.63, 3.8) is 0 Å². The van der Waals surface area contributed by atoms with Crippen molar-refractivity contribution in [2.75, 3.05) is 19.8 Å². The van der Waals surface area contributed by atoms with E-state index < -0.39 is 12.6 Å². The predicted molar refractivity (Wildman–Crippen MR) is 52.8 cm³/mol. The Kier molecular flexibility index (Phi) is 8.70. The maximum atomic E-state index is 9.98. The van der Waals surface area contributed by atoms with E-state index in [0.29, 0.717) is 10.8 Å². The third-order valence-corrected chi connectivity index (χ3v) is 1.78. The van der Waals surface area contributed by atoms with Crippen molar-refractivity contribution in [1.82, 2.24) is 0 Å². The van der Waals surface area contributed by atoms with Crippen LogP contribution in [0.4, 0.5) is 0 Å². The van der Waals surface area contributed by atoms with Gasteiger partial charge in [-0.2, -0.15) is 0 Å². The van der Waals surface area contributed by atoms with E-state index >= 15 is 0 Å². The molecule has 0 atom stereocenters. The molecule has 0 aliphatic rings. The van der Waals surface area contributed by atoms with Crippen LogP contribution in [0.25, 0.3) is 0 Å². The predicted octanol–water partition coefficient (Wildman–Crippen LogP) is -2.51. The van der Waals surface area contributed by atoms with Crippen LogP contribution in [0.15, 0.2) is 24.3 Å². The number of aliphatic carboxylic acids is 1. The molecule has 0 aliphatic carbocycles. The molecule has 1 aromatic rings. The molecular formula is C10H10ClNaO4. The number of carbonyl (C=O) groups is 1. The van der Waals surface area contributed by atoms with Crippen LogP contribution in [0.2, 0.25) is 5.02 Å². The fourth-order valence-corrected chi connectivity index (χ4v) is 1.03. The van der Waals surface area contributed by atoms with Crippen LogP contribution in [0, 0.1) is 0 Å². The fourth-order valence-electron chi connectivity index (χ4n) is 0.905. The Labute approximate surface area is 121 Å². The van der Waals surface area contributed by atoms with Gasteiger partial charge in [-0.05, 0) is 24.3 Å². The quantitative estimate of drug-likeness (QED) is 0.415. The average molecular weight is 253 g/mol. The maximum Gasteiger partial charge on any atom is 1.00 e. The van der Waals surface area contributed by atoms with Crippen LogP contribution in [-0.2, 0) is 9.53 Å². The number of rotatable bonds is 6. The normalized spacial score (nSPS) is 9.31. The van der Waals surface area contributed by atoms with Gasteiger partial charge in [0, 0.05) is 5.02 Å². The minimum absolute atomic E-state index is 0. The molecule has 0 saturated heterocycles. The Morgan fingerprint density at radius 3 is 2.44 bits per heavy atom. The van der Waals surface area contributed by atoms with Gasteiger partial charge in [-0.15, -0.1) is 0 Å². The SMILES string of the molecule is O=C([O-])COCCOc1ccc(Cl)cc1.[Na+]. The molecule has 0 fully saturated rings. The van der Waals surface area contributed by atoms with E-state index in [9.17, 15) is 9.90 Å². The summed E-state index contributed by atoms with van der Waals surface area (Å²) in [5.41, 5.74) is 0. The van der Waals surface area contributed by atoms with Gasteiger partial charge in [0.05, 0.1) is 19.2 Å². The average Bonchev–Trinajstić information content (AvgIpc) is 2.20. The summed E-state index contributed by atoms with van der Waals surface area (Å²) in [6.45, 7) is 0.0789. The molecule has 0 N–H and O–H groups in total. The van der Waals surface area contributed by atoms with Gasteiger partial charge >= 0.3 is 29.6 Å². The van der Waals surface area contributed by atoms with Gasteiger partial charge in [0.25, 0.3) is 0 Å². The first kappa shape index (κ1) is 15.7. The number of benzene rings is 1. The van der Waals surface area contributed by atoms with E-state index in [2.05, 4.69) is 0 Å². The first-order valence-electron chi connectivity index (χ1n) is 4.34. The topological polar surface area (TPSA) is 58.6 Å². The van der Waals surface area contributed by atoms with Crippen molar-refractivity contribution in [1.29, 1.82) is 0 Å². The van der Waals surface area contributed by atoms with Gasteiger partial charge in [-0.25, -0.2) is 0 Å². The minimum Gasteiger partial charge on any atom is -0.548 e. The second kappa shape index (κ2) is 8.84. The molecule has 1 aromatic carbocycles. The van der Waals surface area contributed by atoms with Crippen molar-refractivity contribution in [3.8, 4) is 5.75 Å². The molecule has 0 aromatic heterocycles. The van der Waals surface area contributed by atoms with Crippen molar-refractivity contribution >= 4 is 17.6 Å². The largest absolute Gasteiger partial charge is 1.00 e. The number of hydrogen-bond acceptors (Lipinski definition) is 4. The van der Waals surface area contributed by atoms with E-state index in [0.717, 1.165) is 0 Å². The Morgan fingerprint density at radius 1 is 1.25 bits per heavy atom. The van der Waals surface area contributed by atoms with Gasteiger partial charge in [0.15, 0.2) is 0 Å². The van der Waals surface area contributed by atoms with Crippen LogP contribution in [0.1, 0.15) is 0 Å². The first-order valence-corrected chi connectivity index (χ1v) is 4.72. The number of hydrogen-bond donors (Lipinski definition) is 0. The Morgan fingerprint density at radius 2 is 1.88 bits per heavy atom. The summed E-state index contributed by atoms with van der Waals surface area (Å²) in [6, 6.07) is 6.86. The Balaban J connectivity index is 0.00000225. The summed E-state index contributed by atoms with van der Waals surface area (Å²) < 4.78 is 9.97. The Hall–Kier alpha value is -0.260. The van der Waals surface area contributed by atoms with E-state index in [4.69, 9.17) is 21.1 Å². The molecule has 82 valence electrons. The molecule has 0 spiro atoms. The zero-order valence-electron chi connectivity index (χ0n) is 8.94. The Bertz CT molecular complexity index is 315. The van der Waals surface area contributed by atoms with E-state index in [1.165, 1.54) is 0 Å². The van der Waals surface area contributed by atoms with Crippen molar-refractivity contribution in [2.45, 2.75) is 0 Å². The third kappa shape index (κ3) is 7.09. The molecule has 1 rings (SSSR count). The summed E-state index contributed by atoms with van der Waals surface area (Å²) in [5.74, 6) is -0.571. The number of carboxylic acids is 1. The van der Waals surface area contributed by atoms with Crippen LogP contribution >= 0.6 is 11.6 Å². The van der Waals surface area contributed by atoms with Gasteiger partial charge in [-0.1, -0.05) is 11.6 Å². The molecule has 6 heteroatoms. The monoisotopic (exact) mass is 252 g/mol. The molecule has 0 saturated carbocycles. The van der Waals surface area contributed by atoms with Gasteiger partial charge in [0.1, 0.15) is 12.4 Å². The van der Waals surface area contributed by atoms with Crippen molar-refractivity contribution in [3.05, 3.63) is 29.3 Å². The van der Waals surface area contributed by atoms with Crippen molar-refractivity contribution < 1.29 is 48.9 Å². The van der Waals surface area contributed by atoms with Gasteiger partial charge < -0.3 is 19.4 Å². The zero-order valence-corrected chi connectivity index (χ0v) is 11.7. The number of halogens is 1.